The number of amides is 2. The molecule has 3 unspecified atom stereocenters. The molecule has 2 aliphatic rings. The highest BCUT2D eigenvalue weighted by molar-refractivity contribution is 6.07. The van der Waals surface area contributed by atoms with Crippen molar-refractivity contribution in [1.82, 2.24) is 4.90 Å². The lowest BCUT2D eigenvalue weighted by atomic mass is 9.85. The van der Waals surface area contributed by atoms with Crippen LogP contribution in [0.1, 0.15) is 19.8 Å². The number of carbonyl (C=O) groups excluding carboxylic acids is 2. The quantitative estimate of drug-likeness (QED) is 0.543. The van der Waals surface area contributed by atoms with E-state index in [1.54, 1.807) is 0 Å². The molecule has 0 aromatic rings. The standard InChI is InChI=1S/C11H13NO4/c1-6(11(15)16)12-9(13)7-4-2-3-5-8(7)10(12)14/h2-3,6-8H,4-5H2,1H3,(H,15,16). The molecule has 86 valence electrons. The van der Waals surface area contributed by atoms with E-state index in [1.807, 2.05) is 12.2 Å². The number of allylic oxidation sites excluding steroid dienone is 2. The van der Waals surface area contributed by atoms with Crippen molar-refractivity contribution >= 4 is 17.8 Å². The Hall–Kier alpha value is -1.65. The number of hydrogen-bond acceptors (Lipinski definition) is 3. The first-order chi connectivity index (χ1) is 7.54. The maximum absolute atomic E-state index is 11.9. The van der Waals surface area contributed by atoms with E-state index in [2.05, 4.69) is 0 Å². The van der Waals surface area contributed by atoms with Crippen LogP contribution in [0.25, 0.3) is 0 Å². The van der Waals surface area contributed by atoms with Gasteiger partial charge in [0.1, 0.15) is 6.04 Å². The van der Waals surface area contributed by atoms with E-state index in [0.29, 0.717) is 12.8 Å². The van der Waals surface area contributed by atoms with Gasteiger partial charge in [-0.15, -0.1) is 0 Å². The summed E-state index contributed by atoms with van der Waals surface area (Å²) < 4.78 is 0. The molecule has 0 bridgehead atoms. The summed E-state index contributed by atoms with van der Waals surface area (Å²) in [5.41, 5.74) is 0. The largest absolute Gasteiger partial charge is 0.480 e. The van der Waals surface area contributed by atoms with E-state index in [-0.39, 0.29) is 23.7 Å². The number of hydrogen-bond donors (Lipinski definition) is 1. The van der Waals surface area contributed by atoms with Crippen LogP contribution in [-0.2, 0) is 14.4 Å². The summed E-state index contributed by atoms with van der Waals surface area (Å²) in [6.45, 7) is 1.36. The van der Waals surface area contributed by atoms with Crippen molar-refractivity contribution in [3.63, 3.8) is 0 Å². The minimum atomic E-state index is -1.15. The Bertz CT molecular complexity index is 361. The van der Waals surface area contributed by atoms with Gasteiger partial charge in [0.25, 0.3) is 0 Å². The average molecular weight is 223 g/mol. The number of carbonyl (C=O) groups is 3. The van der Waals surface area contributed by atoms with Crippen LogP contribution in [0, 0.1) is 11.8 Å². The zero-order valence-electron chi connectivity index (χ0n) is 8.92. The highest BCUT2D eigenvalue weighted by atomic mass is 16.4. The Balaban J connectivity index is 2.27. The van der Waals surface area contributed by atoms with Crippen LogP contribution in [0.3, 0.4) is 0 Å². The lowest BCUT2D eigenvalue weighted by Crippen LogP contribution is -2.43. The molecule has 1 heterocycles. The van der Waals surface area contributed by atoms with Crippen molar-refractivity contribution in [3.05, 3.63) is 12.2 Å². The van der Waals surface area contributed by atoms with Gasteiger partial charge in [-0.1, -0.05) is 12.2 Å². The summed E-state index contributed by atoms with van der Waals surface area (Å²) in [6.07, 6.45) is 4.83. The fourth-order valence-corrected chi connectivity index (χ4v) is 2.32. The van der Waals surface area contributed by atoms with Crippen LogP contribution in [0.5, 0.6) is 0 Å². The van der Waals surface area contributed by atoms with E-state index in [1.165, 1.54) is 6.92 Å². The maximum Gasteiger partial charge on any atom is 0.326 e. The number of aliphatic carboxylic acids is 1. The molecule has 1 aliphatic carbocycles. The molecule has 16 heavy (non-hydrogen) atoms. The van der Waals surface area contributed by atoms with Crippen molar-refractivity contribution in [3.8, 4) is 0 Å². The molecule has 0 aromatic heterocycles. The van der Waals surface area contributed by atoms with Crippen molar-refractivity contribution in [2.45, 2.75) is 25.8 Å². The third-order valence-corrected chi connectivity index (χ3v) is 3.29. The van der Waals surface area contributed by atoms with Gasteiger partial charge in [-0.2, -0.15) is 0 Å². The molecular formula is C11H13NO4. The van der Waals surface area contributed by atoms with Gasteiger partial charge >= 0.3 is 5.97 Å². The molecule has 1 N–H and O–H groups in total. The van der Waals surface area contributed by atoms with E-state index < -0.39 is 12.0 Å². The second kappa shape index (κ2) is 3.73. The number of rotatable bonds is 2. The molecule has 1 saturated heterocycles. The fourth-order valence-electron chi connectivity index (χ4n) is 2.32. The van der Waals surface area contributed by atoms with E-state index in [0.717, 1.165) is 4.90 Å². The highest BCUT2D eigenvalue weighted by Gasteiger charge is 2.50. The lowest BCUT2D eigenvalue weighted by molar-refractivity contribution is -0.154. The molecule has 1 aliphatic heterocycles. The summed E-state index contributed by atoms with van der Waals surface area (Å²) in [5.74, 6) is -2.52. The third kappa shape index (κ3) is 1.43. The molecule has 5 nitrogen and oxygen atoms in total. The number of imide groups is 1. The van der Waals surface area contributed by atoms with Crippen molar-refractivity contribution < 1.29 is 19.5 Å². The summed E-state index contributed by atoms with van der Waals surface area (Å²) >= 11 is 0. The van der Waals surface area contributed by atoms with Crippen molar-refractivity contribution in [2.75, 3.05) is 0 Å². The molecule has 1 fully saturated rings. The molecule has 2 rings (SSSR count). The third-order valence-electron chi connectivity index (χ3n) is 3.29. The number of carboxylic acid groups (broad SMARTS) is 1. The minimum Gasteiger partial charge on any atom is -0.480 e. The average Bonchev–Trinajstić information content (AvgIpc) is 2.52. The Morgan fingerprint density at radius 1 is 1.31 bits per heavy atom. The van der Waals surface area contributed by atoms with E-state index in [4.69, 9.17) is 5.11 Å². The van der Waals surface area contributed by atoms with Gasteiger partial charge in [-0.3, -0.25) is 14.5 Å². The molecule has 0 aromatic carbocycles. The predicted molar refractivity (Wildman–Crippen MR) is 54.3 cm³/mol. The first-order valence-corrected chi connectivity index (χ1v) is 5.28. The maximum atomic E-state index is 11.9. The molecule has 3 atom stereocenters. The zero-order valence-corrected chi connectivity index (χ0v) is 8.92. The molecule has 5 heteroatoms. The van der Waals surface area contributed by atoms with Crippen LogP contribution < -0.4 is 0 Å². The second-order valence-corrected chi connectivity index (χ2v) is 4.22. The Kier molecular flexibility index (Phi) is 2.53. The van der Waals surface area contributed by atoms with Gasteiger partial charge < -0.3 is 5.11 Å². The summed E-state index contributed by atoms with van der Waals surface area (Å²) in [7, 11) is 0. The summed E-state index contributed by atoms with van der Waals surface area (Å²) in [4.78, 5) is 35.5. The Morgan fingerprint density at radius 2 is 1.75 bits per heavy atom. The zero-order chi connectivity index (χ0) is 11.9. The normalized spacial score (nSPS) is 30.4. The fraction of sp³-hybridized carbons (Fsp3) is 0.545. The minimum absolute atomic E-state index is 0.339. The smallest absolute Gasteiger partial charge is 0.326 e. The number of carboxylic acids is 1. The summed E-state index contributed by atoms with van der Waals surface area (Å²) in [6, 6.07) is -1.06. The molecule has 0 spiro atoms. The summed E-state index contributed by atoms with van der Waals surface area (Å²) in [5, 5.41) is 8.85. The first-order valence-electron chi connectivity index (χ1n) is 5.28. The molecule has 0 radical (unpaired) electrons. The van der Waals surface area contributed by atoms with Crippen LogP contribution in [-0.4, -0.2) is 33.8 Å². The Labute approximate surface area is 92.7 Å². The van der Waals surface area contributed by atoms with Gasteiger partial charge in [-0.25, -0.2) is 4.79 Å². The van der Waals surface area contributed by atoms with E-state index in [9.17, 15) is 14.4 Å². The second-order valence-electron chi connectivity index (χ2n) is 4.22. The van der Waals surface area contributed by atoms with Gasteiger partial charge in [0.15, 0.2) is 0 Å². The van der Waals surface area contributed by atoms with Crippen LogP contribution in [0.2, 0.25) is 0 Å². The lowest BCUT2D eigenvalue weighted by Gasteiger charge is -2.18. The molecule has 2 amide bonds. The molecular weight excluding hydrogens is 210 g/mol. The SMILES string of the molecule is CC(C(=O)O)N1C(=O)C2CC=CCC2C1=O. The highest BCUT2D eigenvalue weighted by Crippen LogP contribution is 2.35. The number of nitrogens with zero attached hydrogens (tertiary/aromatic N) is 1. The van der Waals surface area contributed by atoms with Crippen LogP contribution >= 0.6 is 0 Å². The van der Waals surface area contributed by atoms with Crippen molar-refractivity contribution in [2.24, 2.45) is 11.8 Å². The monoisotopic (exact) mass is 223 g/mol. The van der Waals surface area contributed by atoms with Crippen molar-refractivity contribution in [1.29, 1.82) is 0 Å². The van der Waals surface area contributed by atoms with Gasteiger partial charge in [0, 0.05) is 0 Å². The topological polar surface area (TPSA) is 74.7 Å². The Morgan fingerprint density at radius 3 is 2.12 bits per heavy atom. The van der Waals surface area contributed by atoms with Gasteiger partial charge in [0.05, 0.1) is 11.8 Å². The van der Waals surface area contributed by atoms with Gasteiger partial charge in [0.2, 0.25) is 11.8 Å². The van der Waals surface area contributed by atoms with Crippen LogP contribution in [0.15, 0.2) is 12.2 Å². The van der Waals surface area contributed by atoms with Crippen LogP contribution in [0.4, 0.5) is 0 Å². The predicted octanol–water partition coefficient (Wildman–Crippen LogP) is 0.411. The van der Waals surface area contributed by atoms with Gasteiger partial charge in [-0.05, 0) is 19.8 Å². The van der Waals surface area contributed by atoms with E-state index >= 15 is 0 Å². The number of likely N-dealkylation sites (tertiary alicyclic amines) is 1. The first kappa shape index (κ1) is 10.9. The molecule has 0 saturated carbocycles. The number of fused-ring (bicyclic) bond motifs is 1.